The van der Waals surface area contributed by atoms with Crippen LogP contribution in [0.5, 0.6) is 0 Å². The summed E-state index contributed by atoms with van der Waals surface area (Å²) in [5.41, 5.74) is 0. The molecule has 96 heavy (non-hydrogen) atoms. The zero-order chi connectivity index (χ0) is 73.2. The highest BCUT2D eigenvalue weighted by molar-refractivity contribution is 6.00. The smallest absolute Gasteiger partial charge is 0.246 e. The van der Waals surface area contributed by atoms with Gasteiger partial charge in [0.2, 0.25) is 47.3 Å². The van der Waals surface area contributed by atoms with Gasteiger partial charge >= 0.3 is 0 Å². The first-order chi connectivity index (χ1) is 44.7. The van der Waals surface area contributed by atoms with Gasteiger partial charge in [-0.2, -0.15) is 0 Å². The van der Waals surface area contributed by atoms with E-state index in [1.807, 2.05) is 75.3 Å². The Morgan fingerprint density at radius 1 is 0.500 bits per heavy atom. The van der Waals surface area contributed by atoms with Gasteiger partial charge in [0, 0.05) is 119 Å². The number of carbonyl (C=O) groups is 11. The van der Waals surface area contributed by atoms with Gasteiger partial charge in [-0.25, -0.2) is 0 Å². The lowest BCUT2D eigenvalue weighted by atomic mass is 9.83. The molecule has 2 aliphatic heterocycles. The maximum absolute atomic E-state index is 15.4. The van der Waals surface area contributed by atoms with E-state index in [1.54, 1.807) is 68.6 Å². The fraction of sp³-hybridized carbons (Fsp3) is 0.824. The molecule has 0 aromatic heterocycles. The third kappa shape index (κ3) is 22.5. The molecule has 548 valence electrons. The number of carbonyl (C=O) groups excluding carboxylic acids is 11. The van der Waals surface area contributed by atoms with E-state index in [4.69, 9.17) is 0 Å². The highest BCUT2D eigenvalue weighted by atomic mass is 16.3. The number of rotatable bonds is 18. The fourth-order valence-corrected chi connectivity index (χ4v) is 14.3. The first-order valence-corrected chi connectivity index (χ1v) is 36.2. The van der Waals surface area contributed by atoms with E-state index >= 15 is 33.6 Å². The highest BCUT2D eigenvalue weighted by Crippen LogP contribution is 2.31. The fourth-order valence-electron chi connectivity index (χ4n) is 14.3. The molecule has 3 fully saturated rings. The van der Waals surface area contributed by atoms with Crippen LogP contribution < -0.4 is 5.32 Å². The number of piperazine rings is 1. The predicted octanol–water partition coefficient (Wildman–Crippen LogP) is 7.08. The molecule has 3 aliphatic rings. The third-order valence-corrected chi connectivity index (χ3v) is 21.2. The molecule has 2 saturated heterocycles. The van der Waals surface area contributed by atoms with Gasteiger partial charge in [0.15, 0.2) is 11.6 Å². The summed E-state index contributed by atoms with van der Waals surface area (Å²) in [6.45, 7) is 34.9. The summed E-state index contributed by atoms with van der Waals surface area (Å²) in [4.78, 5) is 179. The van der Waals surface area contributed by atoms with E-state index in [0.717, 1.165) is 31.1 Å². The number of nitrogens with one attached hydrogen (secondary N) is 1. The van der Waals surface area contributed by atoms with Crippen molar-refractivity contribution in [3.63, 3.8) is 0 Å². The van der Waals surface area contributed by atoms with Crippen molar-refractivity contribution in [3.8, 4) is 0 Å². The second kappa shape index (κ2) is 38.7. The van der Waals surface area contributed by atoms with Crippen LogP contribution in [0.3, 0.4) is 0 Å². The van der Waals surface area contributed by atoms with E-state index in [1.165, 1.54) is 83.9 Å². The SMILES string of the molecule is C/C=C/C[C@@H](C)[C@@H](O)[C@H]1C(=O)N[C@@H](CC)C(=O)N(C)[C@H](C)C(=O)N(C)[C@@H]([C@H](C)CCN2CCN(C3CCC3)CC2)C(=O)C[C@@H](C(C)C)C(=O)N(C)[C@@H](CC(C)C)C(=O)C[C@@H](C)C(=O)C[C@H](C)C(=O)N(C)[C@@H](CC(C)C)C(=O)N(C)[C@@H](CC(C)C)C(=O)N(C)[C@@H](C(C)C)C(=O)N1C. The topological polar surface area (TPSA) is 249 Å². The molecule has 0 spiro atoms. The van der Waals surface area contributed by atoms with E-state index in [2.05, 4.69) is 15.1 Å². The molecule has 0 unspecified atom stereocenters. The van der Waals surface area contributed by atoms with Crippen molar-refractivity contribution < 1.29 is 57.8 Å². The number of Topliss-reactive ketones (excluding diaryl/α,β-unsaturated/α-hetero) is 3. The van der Waals surface area contributed by atoms with Gasteiger partial charge in [-0.3, -0.25) is 57.6 Å². The van der Waals surface area contributed by atoms with E-state index < -0.39 is 143 Å². The van der Waals surface area contributed by atoms with Crippen LogP contribution in [0.1, 0.15) is 195 Å². The molecular weight excluding hydrogens is 1220 g/mol. The van der Waals surface area contributed by atoms with Crippen LogP contribution in [0.25, 0.3) is 0 Å². The molecule has 3 rings (SSSR count). The molecule has 8 amide bonds. The Bertz CT molecular complexity index is 2650. The summed E-state index contributed by atoms with van der Waals surface area (Å²) in [5, 5.41) is 15.1. The van der Waals surface area contributed by atoms with Gasteiger partial charge in [-0.1, -0.05) is 122 Å². The summed E-state index contributed by atoms with van der Waals surface area (Å²) < 4.78 is 0. The highest BCUT2D eigenvalue weighted by Gasteiger charge is 2.47. The van der Waals surface area contributed by atoms with Gasteiger partial charge in [0.25, 0.3) is 0 Å². The van der Waals surface area contributed by atoms with Crippen LogP contribution in [0.2, 0.25) is 0 Å². The van der Waals surface area contributed by atoms with Gasteiger partial charge < -0.3 is 49.6 Å². The minimum atomic E-state index is -1.61. The lowest BCUT2D eigenvalue weighted by Crippen LogP contribution is -2.63. The molecule has 0 radical (unpaired) electrons. The summed E-state index contributed by atoms with van der Waals surface area (Å²) in [7, 11) is 10.4. The van der Waals surface area contributed by atoms with Crippen LogP contribution in [-0.4, -0.2) is 256 Å². The standard InChI is InChI=1S/C74H130N10O12/c1-25-27-29-50(14)66(88)65-67(89)75-56(26-2)71(93)76(18)53(17)69(91)81(23)64(49(13)32-33-83-34-36-84(37-35-83)54-30-28-31-54)62(87)43-55(47(9)10)70(92)77(19)57(38-44(3)4)61(86)41-51(15)60(85)42-52(16)68(90)78(20)58(39-45(5)6)72(94)79(21)59(40-46(7)8)73(95)80(22)63(48(11)12)74(96)82(65)24/h25,27,44-59,63-66,88H,26,28-43H2,1-24H3,(H,75,89)/b27-25+/t49-,50-,51-,52+,53-,55+,56+,57+,58+,59+,63+,64+,65+,66-/m1/s1. The second-order valence-corrected chi connectivity index (χ2v) is 31.0. The van der Waals surface area contributed by atoms with Crippen molar-refractivity contribution >= 4 is 64.6 Å². The first kappa shape index (κ1) is 84.6. The summed E-state index contributed by atoms with van der Waals surface area (Å²) >= 11 is 0. The Labute approximate surface area is 578 Å². The molecule has 1 aliphatic carbocycles. The summed E-state index contributed by atoms with van der Waals surface area (Å²) in [6.07, 6.45) is 6.59. The Kier molecular flexibility index (Phi) is 34.1. The van der Waals surface area contributed by atoms with Gasteiger partial charge in [-0.05, 0) is 113 Å². The summed E-state index contributed by atoms with van der Waals surface area (Å²) in [6, 6.07) is -8.94. The van der Waals surface area contributed by atoms with Crippen molar-refractivity contribution in [2.24, 2.45) is 59.2 Å². The van der Waals surface area contributed by atoms with Crippen molar-refractivity contribution in [1.82, 2.24) is 49.4 Å². The number of hydrogen-bond acceptors (Lipinski definition) is 14. The second-order valence-electron chi connectivity index (χ2n) is 31.0. The van der Waals surface area contributed by atoms with E-state index in [0.29, 0.717) is 25.4 Å². The Balaban J connectivity index is 2.32. The Morgan fingerprint density at radius 2 is 0.979 bits per heavy atom. The number of amides is 8. The van der Waals surface area contributed by atoms with Crippen molar-refractivity contribution in [1.29, 1.82) is 0 Å². The van der Waals surface area contributed by atoms with Crippen LogP contribution >= 0.6 is 0 Å². The lowest BCUT2D eigenvalue weighted by Gasteiger charge is -2.43. The van der Waals surface area contributed by atoms with Gasteiger partial charge in [-0.15, -0.1) is 0 Å². The molecule has 0 aromatic carbocycles. The number of likely N-dealkylation sites (N-methyl/N-ethyl adjacent to an activating group) is 7. The Morgan fingerprint density at radius 3 is 1.46 bits per heavy atom. The number of ketones is 3. The minimum absolute atomic E-state index is 0.0313. The average Bonchev–Trinajstić information content (AvgIpc) is 0.805. The number of hydrogen-bond donors (Lipinski definition) is 2. The number of nitrogens with zero attached hydrogens (tertiary/aromatic N) is 9. The lowest BCUT2D eigenvalue weighted by molar-refractivity contribution is -0.157. The molecule has 22 nitrogen and oxygen atoms in total. The van der Waals surface area contributed by atoms with Gasteiger partial charge in [0.05, 0.1) is 18.2 Å². The van der Waals surface area contributed by atoms with E-state index in [-0.39, 0.29) is 80.0 Å². The third-order valence-electron chi connectivity index (χ3n) is 21.2. The molecule has 14 atom stereocenters. The van der Waals surface area contributed by atoms with Crippen molar-refractivity contribution in [2.45, 2.75) is 255 Å². The largest absolute Gasteiger partial charge is 0.390 e. The quantitative estimate of drug-likeness (QED) is 0.130. The van der Waals surface area contributed by atoms with Crippen LogP contribution in [0, 0.1) is 59.2 Å². The molecule has 0 aromatic rings. The number of aliphatic hydroxyl groups is 1. The Hall–Kier alpha value is -5.61. The molecular formula is C74H130N10O12. The number of allylic oxidation sites excluding steroid dienone is 2. The van der Waals surface area contributed by atoms with Crippen molar-refractivity contribution in [3.05, 3.63) is 12.2 Å². The first-order valence-electron chi connectivity index (χ1n) is 36.2. The molecule has 22 heteroatoms. The molecule has 2 N–H and O–H groups in total. The number of aliphatic hydroxyl groups excluding tert-OH is 1. The molecule has 1 saturated carbocycles. The summed E-state index contributed by atoms with van der Waals surface area (Å²) in [5.74, 6) is -10.9. The molecule has 0 bridgehead atoms. The zero-order valence-corrected chi connectivity index (χ0v) is 63.7. The maximum Gasteiger partial charge on any atom is 0.246 e. The normalized spacial score (nSPS) is 28.8. The average molecular weight is 1350 g/mol. The predicted molar refractivity (Wildman–Crippen MR) is 377 cm³/mol. The van der Waals surface area contributed by atoms with Crippen LogP contribution in [0.15, 0.2) is 12.2 Å². The maximum atomic E-state index is 15.4. The van der Waals surface area contributed by atoms with Gasteiger partial charge in [0.1, 0.15) is 42.0 Å². The van der Waals surface area contributed by atoms with Crippen LogP contribution in [0.4, 0.5) is 0 Å². The molecule has 2 heterocycles. The zero-order valence-electron chi connectivity index (χ0n) is 63.7. The van der Waals surface area contributed by atoms with Crippen molar-refractivity contribution in [2.75, 3.05) is 82.1 Å². The van der Waals surface area contributed by atoms with E-state index in [9.17, 15) is 24.3 Å². The minimum Gasteiger partial charge on any atom is -0.390 e. The monoisotopic (exact) mass is 1350 g/mol. The van der Waals surface area contributed by atoms with Crippen LogP contribution in [-0.2, 0) is 52.7 Å².